The number of aryl methyl sites for hydroxylation is 1. The van der Waals surface area contributed by atoms with Gasteiger partial charge in [-0.25, -0.2) is 9.97 Å². The van der Waals surface area contributed by atoms with Crippen LogP contribution in [0.2, 0.25) is 0 Å². The van der Waals surface area contributed by atoms with Crippen molar-refractivity contribution in [1.29, 1.82) is 0 Å². The molecule has 0 aliphatic carbocycles. The van der Waals surface area contributed by atoms with Gasteiger partial charge < -0.3 is 26.2 Å². The van der Waals surface area contributed by atoms with Crippen molar-refractivity contribution >= 4 is 22.8 Å². The van der Waals surface area contributed by atoms with E-state index in [9.17, 15) is 9.90 Å². The number of hydrogen-bond donors (Lipinski definition) is 4. The number of primary amides is 1. The number of rotatable bonds is 4. The number of carbonyl (C=O) groups is 1. The molecule has 0 aliphatic rings. The van der Waals surface area contributed by atoms with Gasteiger partial charge in [0.1, 0.15) is 17.3 Å². The molecule has 19 heavy (non-hydrogen) atoms. The fourth-order valence-electron chi connectivity index (χ4n) is 1.94. The fraction of sp³-hybridized carbons (Fsp3) is 0.364. The highest BCUT2D eigenvalue weighted by Crippen LogP contribution is 2.24. The Morgan fingerprint density at radius 2 is 2.21 bits per heavy atom. The van der Waals surface area contributed by atoms with Crippen LogP contribution in [0.25, 0.3) is 11.0 Å². The molecule has 0 bridgehead atoms. The molecule has 0 aromatic carbocycles. The third kappa shape index (κ3) is 2.35. The normalized spacial score (nSPS) is 12.8. The predicted octanol–water partition coefficient (Wildman–Crippen LogP) is -1.23. The summed E-state index contributed by atoms with van der Waals surface area (Å²) in [6.45, 7) is 1.35. The van der Waals surface area contributed by atoms with E-state index in [2.05, 4.69) is 9.97 Å². The van der Waals surface area contributed by atoms with Gasteiger partial charge in [-0.15, -0.1) is 0 Å². The van der Waals surface area contributed by atoms with E-state index >= 15 is 0 Å². The summed E-state index contributed by atoms with van der Waals surface area (Å²) in [7, 11) is 0. The quantitative estimate of drug-likeness (QED) is 0.546. The van der Waals surface area contributed by atoms with Crippen molar-refractivity contribution in [3.8, 4) is 0 Å². The maximum Gasteiger partial charge on any atom is 0.251 e. The number of carbonyl (C=O) groups excluding carboxylic acids is 1. The predicted molar refractivity (Wildman–Crippen MR) is 68.3 cm³/mol. The largest absolute Gasteiger partial charge is 0.394 e. The first-order valence-corrected chi connectivity index (χ1v) is 5.65. The van der Waals surface area contributed by atoms with Crippen LogP contribution in [0.3, 0.4) is 0 Å². The summed E-state index contributed by atoms with van der Waals surface area (Å²) in [6.07, 6.45) is 0.490. The first-order chi connectivity index (χ1) is 8.93. The van der Waals surface area contributed by atoms with Gasteiger partial charge in [0, 0.05) is 6.20 Å². The molecular weight excluding hydrogens is 250 g/mol. The Labute approximate surface area is 108 Å². The second-order valence-corrected chi connectivity index (χ2v) is 4.25. The first-order valence-electron chi connectivity index (χ1n) is 5.65. The molecule has 8 heteroatoms. The lowest BCUT2D eigenvalue weighted by atomic mass is 10.2. The number of nitrogens with two attached hydrogens (primary N) is 2. The van der Waals surface area contributed by atoms with Gasteiger partial charge in [-0.05, 0) is 6.92 Å². The molecule has 1 amide bonds. The minimum absolute atomic E-state index is 0.0795. The van der Waals surface area contributed by atoms with Gasteiger partial charge in [0.2, 0.25) is 0 Å². The van der Waals surface area contributed by atoms with Crippen LogP contribution in [0.4, 0.5) is 5.82 Å². The molecule has 2 aromatic rings. The van der Waals surface area contributed by atoms with Gasteiger partial charge in [-0.2, -0.15) is 0 Å². The van der Waals surface area contributed by atoms with Crippen molar-refractivity contribution in [3.63, 3.8) is 0 Å². The van der Waals surface area contributed by atoms with Crippen molar-refractivity contribution in [2.75, 3.05) is 12.3 Å². The first kappa shape index (κ1) is 13.2. The number of aromatic nitrogens is 3. The van der Waals surface area contributed by atoms with Crippen molar-refractivity contribution in [2.45, 2.75) is 19.6 Å². The summed E-state index contributed by atoms with van der Waals surface area (Å²) in [5.74, 6) is -0.0474. The smallest absolute Gasteiger partial charge is 0.251 e. The third-order valence-corrected chi connectivity index (χ3v) is 2.74. The number of aliphatic hydroxyl groups is 2. The molecule has 0 spiro atoms. The number of amides is 1. The van der Waals surface area contributed by atoms with Crippen molar-refractivity contribution in [2.24, 2.45) is 5.73 Å². The van der Waals surface area contributed by atoms with Crippen molar-refractivity contribution < 1.29 is 15.0 Å². The molecular formula is C11H15N5O3. The number of nitrogen functional groups attached to an aromatic ring is 1. The van der Waals surface area contributed by atoms with E-state index < -0.39 is 18.6 Å². The van der Waals surface area contributed by atoms with Gasteiger partial charge in [-0.1, -0.05) is 0 Å². The van der Waals surface area contributed by atoms with Crippen molar-refractivity contribution in [3.05, 3.63) is 17.6 Å². The average Bonchev–Trinajstić information content (AvgIpc) is 2.68. The molecule has 102 valence electrons. The summed E-state index contributed by atoms with van der Waals surface area (Å²) < 4.78 is 1.53. The fourth-order valence-corrected chi connectivity index (χ4v) is 1.94. The summed E-state index contributed by atoms with van der Waals surface area (Å²) in [6, 6.07) is 0. The topological polar surface area (TPSA) is 140 Å². The Morgan fingerprint density at radius 1 is 1.53 bits per heavy atom. The zero-order valence-corrected chi connectivity index (χ0v) is 10.4. The van der Waals surface area contributed by atoms with Gasteiger partial charge >= 0.3 is 0 Å². The van der Waals surface area contributed by atoms with Gasteiger partial charge in [0.15, 0.2) is 0 Å². The molecule has 2 aromatic heterocycles. The van der Waals surface area contributed by atoms with E-state index in [1.54, 1.807) is 6.92 Å². The van der Waals surface area contributed by atoms with E-state index in [1.165, 1.54) is 10.8 Å². The summed E-state index contributed by atoms with van der Waals surface area (Å²) >= 11 is 0. The molecule has 0 saturated carbocycles. The molecule has 2 heterocycles. The van der Waals surface area contributed by atoms with E-state index in [4.69, 9.17) is 16.6 Å². The molecule has 0 aliphatic heterocycles. The molecule has 0 unspecified atom stereocenters. The SMILES string of the molecule is Cc1nc(N)c2c(C(N)=O)cn(C[C@H](O)CO)c2n1. The highest BCUT2D eigenvalue weighted by molar-refractivity contribution is 6.08. The van der Waals surface area contributed by atoms with E-state index in [-0.39, 0.29) is 17.9 Å². The summed E-state index contributed by atoms with van der Waals surface area (Å²) in [5.41, 5.74) is 11.7. The zero-order valence-electron chi connectivity index (χ0n) is 10.4. The van der Waals surface area contributed by atoms with E-state index in [1.807, 2.05) is 0 Å². The van der Waals surface area contributed by atoms with Crippen LogP contribution in [-0.2, 0) is 6.54 Å². The Bertz CT molecular complexity index is 637. The maximum absolute atomic E-state index is 11.4. The molecule has 0 saturated heterocycles. The number of anilines is 1. The maximum atomic E-state index is 11.4. The van der Waals surface area contributed by atoms with Crippen LogP contribution < -0.4 is 11.5 Å². The Kier molecular flexibility index (Phi) is 3.36. The second-order valence-electron chi connectivity index (χ2n) is 4.25. The number of aliphatic hydroxyl groups excluding tert-OH is 2. The third-order valence-electron chi connectivity index (χ3n) is 2.74. The molecule has 6 N–H and O–H groups in total. The van der Waals surface area contributed by atoms with Crippen LogP contribution in [0.5, 0.6) is 0 Å². The highest BCUT2D eigenvalue weighted by Gasteiger charge is 2.19. The van der Waals surface area contributed by atoms with Crippen LogP contribution >= 0.6 is 0 Å². The van der Waals surface area contributed by atoms with Crippen LogP contribution in [-0.4, -0.2) is 43.4 Å². The Morgan fingerprint density at radius 3 is 2.79 bits per heavy atom. The van der Waals surface area contributed by atoms with Crippen LogP contribution in [0, 0.1) is 6.92 Å². The lowest BCUT2D eigenvalue weighted by Gasteiger charge is -2.09. The van der Waals surface area contributed by atoms with E-state index in [0.717, 1.165) is 0 Å². The molecule has 0 radical (unpaired) electrons. The second kappa shape index (κ2) is 4.82. The minimum atomic E-state index is -0.965. The number of hydrogen-bond acceptors (Lipinski definition) is 6. The number of fused-ring (bicyclic) bond motifs is 1. The average molecular weight is 265 g/mol. The summed E-state index contributed by atoms with van der Waals surface area (Å²) in [5, 5.41) is 18.7. The van der Waals surface area contributed by atoms with Gasteiger partial charge in [0.25, 0.3) is 5.91 Å². The Balaban J connectivity index is 2.68. The van der Waals surface area contributed by atoms with E-state index in [0.29, 0.717) is 16.9 Å². The van der Waals surface area contributed by atoms with Crippen molar-refractivity contribution in [1.82, 2.24) is 14.5 Å². The molecule has 8 nitrogen and oxygen atoms in total. The van der Waals surface area contributed by atoms with Crippen LogP contribution in [0.1, 0.15) is 16.2 Å². The molecule has 1 atom stereocenters. The Hall–Kier alpha value is -2.19. The monoisotopic (exact) mass is 265 g/mol. The lowest BCUT2D eigenvalue weighted by molar-refractivity contribution is 0.0820. The molecule has 0 fully saturated rings. The van der Waals surface area contributed by atoms with Gasteiger partial charge in [-0.3, -0.25) is 4.79 Å². The minimum Gasteiger partial charge on any atom is -0.394 e. The molecule has 2 rings (SSSR count). The van der Waals surface area contributed by atoms with Crippen LogP contribution in [0.15, 0.2) is 6.20 Å². The lowest BCUT2D eigenvalue weighted by Crippen LogP contribution is -2.19. The zero-order chi connectivity index (χ0) is 14.2. The summed E-state index contributed by atoms with van der Waals surface area (Å²) in [4.78, 5) is 19.6. The van der Waals surface area contributed by atoms with Gasteiger partial charge in [0.05, 0.1) is 30.2 Å². The highest BCUT2D eigenvalue weighted by atomic mass is 16.3. The standard InChI is InChI=1S/C11H15N5O3/c1-5-14-9(12)8-7(10(13)19)3-16(11(8)15-5)2-6(18)4-17/h3,6,17-18H,2,4H2,1H3,(H2,13,19)(H2,12,14,15)/t6-/m0/s1. The number of nitrogens with zero attached hydrogens (tertiary/aromatic N) is 3.